The molecule has 0 saturated heterocycles. The summed E-state index contributed by atoms with van der Waals surface area (Å²) in [7, 11) is 0. The number of aliphatic hydroxyl groups is 2. The van der Waals surface area contributed by atoms with Crippen LogP contribution < -0.4 is 0 Å². The Morgan fingerprint density at radius 1 is 1.33 bits per heavy atom. The van der Waals surface area contributed by atoms with Gasteiger partial charge >= 0.3 is 0 Å². The number of aliphatic hydroxyl groups excluding tert-OH is 2. The first kappa shape index (κ1) is 2.77. The number of hydrogen-bond donors (Lipinski definition) is 2. The van der Waals surface area contributed by atoms with Gasteiger partial charge in [0.25, 0.3) is 0 Å². The standard InChI is InChI=1S/C4H8O2/c5-3-1-2-4-6/h1-2,5-6H,3-4H2/b2-1+/i1D,2D. The molecule has 0 heterocycles. The lowest BCUT2D eigenvalue weighted by molar-refractivity contribution is 0.329. The van der Waals surface area contributed by atoms with Crippen molar-refractivity contribution < 1.29 is 13.0 Å². The lowest BCUT2D eigenvalue weighted by atomic mass is 10.5. The second-order valence-corrected chi connectivity index (χ2v) is 0.670. The minimum Gasteiger partial charge on any atom is -0.392 e. The fourth-order valence-electron chi connectivity index (χ4n) is 0.112. The first-order chi connectivity index (χ1) is 3.72. The maximum absolute atomic E-state index is 8.16. The Morgan fingerprint density at radius 3 is 1.83 bits per heavy atom. The van der Waals surface area contributed by atoms with Gasteiger partial charge in [-0.1, -0.05) is 12.1 Å². The third kappa shape index (κ3) is 3.66. The molecule has 0 aliphatic carbocycles. The summed E-state index contributed by atoms with van der Waals surface area (Å²) < 4.78 is 13.4. The third-order valence-corrected chi connectivity index (χ3v) is 0.283. The van der Waals surface area contributed by atoms with Crippen molar-refractivity contribution in [2.24, 2.45) is 0 Å². The zero-order valence-electron chi connectivity index (χ0n) is 5.31. The van der Waals surface area contributed by atoms with Crippen LogP contribution in [0.15, 0.2) is 12.1 Å². The van der Waals surface area contributed by atoms with Gasteiger partial charge in [-0.05, 0) is 0 Å². The summed E-state index contributed by atoms with van der Waals surface area (Å²) in [6, 6.07) is -0.458. The SMILES string of the molecule is [2H]/C(CO)=C(/[2H])CO. The minimum absolute atomic E-state index is 0.229. The molecule has 0 aliphatic rings. The fourth-order valence-corrected chi connectivity index (χ4v) is 0.112. The van der Waals surface area contributed by atoms with Crippen molar-refractivity contribution in [3.63, 3.8) is 0 Å². The van der Waals surface area contributed by atoms with E-state index in [2.05, 4.69) is 0 Å². The molecule has 36 valence electrons. The molecule has 0 bridgehead atoms. The van der Waals surface area contributed by atoms with Crippen LogP contribution in [0.2, 0.25) is 0 Å². The molecule has 6 heavy (non-hydrogen) atoms. The highest BCUT2D eigenvalue weighted by Gasteiger charge is 1.61. The molecule has 0 aromatic carbocycles. The summed E-state index contributed by atoms with van der Waals surface area (Å²) in [5, 5.41) is 16.3. The Balaban J connectivity index is 3.83. The summed E-state index contributed by atoms with van der Waals surface area (Å²) in [5.41, 5.74) is 0. The summed E-state index contributed by atoms with van der Waals surface area (Å²) in [6.45, 7) is -0.946. The smallest absolute Gasteiger partial charge is 0.0613 e. The Hall–Kier alpha value is -0.340. The second kappa shape index (κ2) is 4.66. The molecule has 0 amide bonds. The van der Waals surface area contributed by atoms with E-state index in [1.54, 1.807) is 0 Å². The van der Waals surface area contributed by atoms with Gasteiger partial charge in [0, 0.05) is 0 Å². The quantitative estimate of drug-likeness (QED) is 0.450. The highest BCUT2D eigenvalue weighted by Crippen LogP contribution is 1.63. The van der Waals surface area contributed by atoms with Gasteiger partial charge in [-0.25, -0.2) is 0 Å². The molecule has 2 heteroatoms. The van der Waals surface area contributed by atoms with Crippen molar-refractivity contribution >= 4 is 0 Å². The fraction of sp³-hybridized carbons (Fsp3) is 0.500. The van der Waals surface area contributed by atoms with Crippen LogP contribution >= 0.6 is 0 Å². The maximum atomic E-state index is 8.16. The van der Waals surface area contributed by atoms with Crippen molar-refractivity contribution in [1.29, 1.82) is 0 Å². The van der Waals surface area contributed by atoms with Crippen LogP contribution in [-0.4, -0.2) is 23.4 Å². The van der Waals surface area contributed by atoms with E-state index in [-0.39, 0.29) is 12.1 Å². The lowest BCUT2D eigenvalue weighted by Crippen LogP contribution is -1.74. The molecule has 0 spiro atoms. The Bertz CT molecular complexity index is 88.2. The normalized spacial score (nSPS) is 18.3. The van der Waals surface area contributed by atoms with Gasteiger partial charge in [0.15, 0.2) is 0 Å². The average Bonchev–Trinajstić information content (AvgIpc) is 1.84. The largest absolute Gasteiger partial charge is 0.392 e. The van der Waals surface area contributed by atoms with Crippen molar-refractivity contribution in [3.8, 4) is 0 Å². The Kier molecular flexibility index (Phi) is 2.15. The highest BCUT2D eigenvalue weighted by atomic mass is 16.3. The Labute approximate surface area is 39.5 Å². The third-order valence-electron chi connectivity index (χ3n) is 0.283. The van der Waals surface area contributed by atoms with Crippen molar-refractivity contribution in [3.05, 3.63) is 12.1 Å². The van der Waals surface area contributed by atoms with Gasteiger partial charge in [-0.15, -0.1) is 0 Å². The van der Waals surface area contributed by atoms with E-state index < -0.39 is 13.2 Å². The van der Waals surface area contributed by atoms with Crippen LogP contribution in [0.1, 0.15) is 2.74 Å². The van der Waals surface area contributed by atoms with Crippen LogP contribution in [0.3, 0.4) is 0 Å². The molecule has 0 atom stereocenters. The zero-order chi connectivity index (χ0) is 6.57. The molecule has 0 fully saturated rings. The molecule has 0 aliphatic heterocycles. The molecule has 0 unspecified atom stereocenters. The molecule has 2 nitrogen and oxygen atoms in total. The molecule has 0 rings (SSSR count). The van der Waals surface area contributed by atoms with Gasteiger partial charge in [-0.2, -0.15) is 0 Å². The first-order valence-corrected chi connectivity index (χ1v) is 1.59. The highest BCUT2D eigenvalue weighted by molar-refractivity contribution is 4.78. The number of hydrogen-bond acceptors (Lipinski definition) is 2. The molecule has 0 aromatic rings. The van der Waals surface area contributed by atoms with E-state index in [1.807, 2.05) is 0 Å². The van der Waals surface area contributed by atoms with E-state index in [1.165, 1.54) is 0 Å². The van der Waals surface area contributed by atoms with Crippen LogP contribution in [0.4, 0.5) is 0 Å². The van der Waals surface area contributed by atoms with E-state index in [0.717, 1.165) is 0 Å². The lowest BCUT2D eigenvalue weighted by Gasteiger charge is -1.73. The predicted molar refractivity (Wildman–Crippen MR) is 23.3 cm³/mol. The van der Waals surface area contributed by atoms with E-state index in [4.69, 9.17) is 13.0 Å². The van der Waals surface area contributed by atoms with Crippen LogP contribution in [0.5, 0.6) is 0 Å². The van der Waals surface area contributed by atoms with E-state index >= 15 is 0 Å². The molecule has 0 saturated carbocycles. The minimum atomic E-state index is -0.473. The zero-order valence-corrected chi connectivity index (χ0v) is 3.31. The van der Waals surface area contributed by atoms with Gasteiger partial charge < -0.3 is 10.2 Å². The summed E-state index contributed by atoms with van der Waals surface area (Å²) in [5.74, 6) is 0. The summed E-state index contributed by atoms with van der Waals surface area (Å²) in [6.07, 6.45) is 0. The van der Waals surface area contributed by atoms with Gasteiger partial charge in [0.2, 0.25) is 0 Å². The molecule has 0 radical (unpaired) electrons. The van der Waals surface area contributed by atoms with Crippen LogP contribution in [0, 0.1) is 0 Å². The monoisotopic (exact) mass is 90.1 g/mol. The van der Waals surface area contributed by atoms with Gasteiger partial charge in [-0.3, -0.25) is 0 Å². The van der Waals surface area contributed by atoms with E-state index in [9.17, 15) is 0 Å². The van der Waals surface area contributed by atoms with Crippen LogP contribution in [0.25, 0.3) is 0 Å². The van der Waals surface area contributed by atoms with E-state index in [0.29, 0.717) is 0 Å². The Morgan fingerprint density at radius 2 is 1.67 bits per heavy atom. The van der Waals surface area contributed by atoms with Gasteiger partial charge in [0.1, 0.15) is 0 Å². The number of rotatable bonds is 2. The average molecular weight is 90.1 g/mol. The van der Waals surface area contributed by atoms with Crippen molar-refractivity contribution in [1.82, 2.24) is 0 Å². The summed E-state index contributed by atoms with van der Waals surface area (Å²) in [4.78, 5) is 0. The summed E-state index contributed by atoms with van der Waals surface area (Å²) >= 11 is 0. The van der Waals surface area contributed by atoms with Crippen LogP contribution in [-0.2, 0) is 0 Å². The molecular formula is C4H8O2. The second-order valence-electron chi connectivity index (χ2n) is 0.670. The topological polar surface area (TPSA) is 40.5 Å². The maximum Gasteiger partial charge on any atom is 0.0613 e. The molecule has 0 aromatic heterocycles. The molecule has 2 N–H and O–H groups in total. The van der Waals surface area contributed by atoms with Gasteiger partial charge in [0.05, 0.1) is 16.0 Å². The van der Waals surface area contributed by atoms with Crippen molar-refractivity contribution in [2.75, 3.05) is 13.2 Å². The predicted octanol–water partition coefficient (Wildman–Crippen LogP) is -0.473. The first-order valence-electron chi connectivity index (χ1n) is 2.59. The van der Waals surface area contributed by atoms with Crippen molar-refractivity contribution in [2.45, 2.75) is 0 Å². The molecular weight excluding hydrogens is 80.0 g/mol.